The van der Waals surface area contributed by atoms with Gasteiger partial charge >= 0.3 is 0 Å². The molecule has 0 aliphatic rings. The van der Waals surface area contributed by atoms with Crippen LogP contribution in [0.15, 0.2) is 78.9 Å². The second kappa shape index (κ2) is 13.2. The van der Waals surface area contributed by atoms with Gasteiger partial charge in [-0.2, -0.15) is 0 Å². The van der Waals surface area contributed by atoms with Gasteiger partial charge in [0.2, 0.25) is 0 Å². The standard InChI is InChI=1S/C27H29N3O4S/c1-3-33-16-17-34-24-14-12-21(13-15-24)25(31)30-27(35)29-23-11-7-10-22(18-23)26(32)28-19(2)20-8-5-4-6-9-20/h4-15,18-19H,3,16-17H2,1-2H3,(H,28,32)(H2,29,30,31,35). The van der Waals surface area contributed by atoms with Crippen LogP contribution in [0.4, 0.5) is 5.69 Å². The molecule has 0 heterocycles. The van der Waals surface area contributed by atoms with Gasteiger partial charge in [-0.25, -0.2) is 0 Å². The SMILES string of the molecule is CCOCCOc1ccc(C(=O)NC(=S)Nc2cccc(C(=O)NC(C)c3ccccc3)c2)cc1. The molecule has 3 N–H and O–H groups in total. The van der Waals surface area contributed by atoms with Crippen molar-refractivity contribution in [1.82, 2.24) is 10.6 Å². The van der Waals surface area contributed by atoms with Crippen molar-refractivity contribution < 1.29 is 19.1 Å². The molecule has 0 fully saturated rings. The number of rotatable bonds is 10. The molecule has 0 aliphatic carbocycles. The number of anilines is 1. The summed E-state index contributed by atoms with van der Waals surface area (Å²) in [5.41, 5.74) is 2.53. The maximum Gasteiger partial charge on any atom is 0.257 e. The molecule has 0 spiro atoms. The minimum absolute atomic E-state index is 0.127. The first-order chi connectivity index (χ1) is 17.0. The Morgan fingerprint density at radius 1 is 0.886 bits per heavy atom. The van der Waals surface area contributed by atoms with E-state index >= 15 is 0 Å². The predicted molar refractivity (Wildman–Crippen MR) is 141 cm³/mol. The number of thiocarbonyl (C=S) groups is 1. The molecule has 2 amide bonds. The number of hydrogen-bond acceptors (Lipinski definition) is 5. The zero-order chi connectivity index (χ0) is 25.0. The van der Waals surface area contributed by atoms with Gasteiger partial charge in [0.25, 0.3) is 11.8 Å². The predicted octanol–water partition coefficient (Wildman–Crippen LogP) is 4.72. The Kier molecular flexibility index (Phi) is 9.77. The maximum atomic E-state index is 12.7. The van der Waals surface area contributed by atoms with Crippen molar-refractivity contribution in [2.45, 2.75) is 19.9 Å². The average molecular weight is 492 g/mol. The molecule has 3 aromatic rings. The van der Waals surface area contributed by atoms with E-state index in [2.05, 4.69) is 16.0 Å². The zero-order valence-corrected chi connectivity index (χ0v) is 20.6. The highest BCUT2D eigenvalue weighted by Gasteiger charge is 2.13. The van der Waals surface area contributed by atoms with Crippen molar-refractivity contribution >= 4 is 34.8 Å². The van der Waals surface area contributed by atoms with E-state index in [1.165, 1.54) is 0 Å². The summed E-state index contributed by atoms with van der Waals surface area (Å²) >= 11 is 5.28. The second-order valence-electron chi connectivity index (χ2n) is 7.66. The number of benzene rings is 3. The van der Waals surface area contributed by atoms with Gasteiger partial charge in [0.15, 0.2) is 5.11 Å². The Balaban J connectivity index is 1.52. The lowest BCUT2D eigenvalue weighted by Crippen LogP contribution is -2.34. The third kappa shape index (κ3) is 8.20. The van der Waals surface area contributed by atoms with Crippen LogP contribution in [0.3, 0.4) is 0 Å². The summed E-state index contributed by atoms with van der Waals surface area (Å²) in [6.45, 7) is 5.44. The minimum atomic E-state index is -0.353. The van der Waals surface area contributed by atoms with E-state index in [4.69, 9.17) is 21.7 Å². The number of hydrogen-bond donors (Lipinski definition) is 3. The normalized spacial score (nSPS) is 11.3. The molecule has 3 aromatic carbocycles. The first kappa shape index (κ1) is 25.9. The first-order valence-corrected chi connectivity index (χ1v) is 11.8. The van der Waals surface area contributed by atoms with Crippen LogP contribution >= 0.6 is 12.2 Å². The number of ether oxygens (including phenoxy) is 2. The Morgan fingerprint density at radius 3 is 2.34 bits per heavy atom. The topological polar surface area (TPSA) is 88.7 Å². The number of carbonyl (C=O) groups excluding carboxylic acids is 2. The summed E-state index contributed by atoms with van der Waals surface area (Å²) in [5, 5.41) is 8.71. The number of nitrogens with one attached hydrogen (secondary N) is 3. The lowest BCUT2D eigenvalue weighted by molar-refractivity contribution is 0.0938. The van der Waals surface area contributed by atoms with Gasteiger partial charge in [-0.1, -0.05) is 36.4 Å². The third-order valence-electron chi connectivity index (χ3n) is 5.07. The van der Waals surface area contributed by atoms with E-state index in [1.807, 2.05) is 44.2 Å². The molecule has 1 atom stereocenters. The fourth-order valence-corrected chi connectivity index (χ4v) is 3.46. The molecule has 0 aliphatic heterocycles. The van der Waals surface area contributed by atoms with Gasteiger partial charge in [-0.15, -0.1) is 0 Å². The van der Waals surface area contributed by atoms with Crippen LogP contribution in [0.5, 0.6) is 5.75 Å². The van der Waals surface area contributed by atoms with Gasteiger partial charge in [-0.05, 0) is 74.1 Å². The molecular formula is C27H29N3O4S. The lowest BCUT2D eigenvalue weighted by Gasteiger charge is -2.15. The van der Waals surface area contributed by atoms with Crippen molar-refractivity contribution in [2.24, 2.45) is 0 Å². The van der Waals surface area contributed by atoms with E-state index in [0.717, 1.165) is 5.56 Å². The Labute approximate surface area is 210 Å². The van der Waals surface area contributed by atoms with Gasteiger partial charge in [0.1, 0.15) is 12.4 Å². The molecule has 3 rings (SSSR count). The van der Waals surface area contributed by atoms with E-state index in [0.29, 0.717) is 42.4 Å². The molecule has 0 saturated carbocycles. The molecule has 0 saturated heterocycles. The molecule has 0 radical (unpaired) electrons. The van der Waals surface area contributed by atoms with Crippen LogP contribution in [0, 0.1) is 0 Å². The Morgan fingerprint density at radius 2 is 1.63 bits per heavy atom. The monoisotopic (exact) mass is 491 g/mol. The van der Waals surface area contributed by atoms with Crippen molar-refractivity contribution in [3.05, 3.63) is 95.6 Å². The summed E-state index contributed by atoms with van der Waals surface area (Å²) in [7, 11) is 0. The van der Waals surface area contributed by atoms with Gasteiger partial charge in [0, 0.05) is 23.4 Å². The van der Waals surface area contributed by atoms with Crippen LogP contribution in [-0.4, -0.2) is 36.7 Å². The number of amides is 2. The Hall–Kier alpha value is -3.75. The van der Waals surface area contributed by atoms with Crippen LogP contribution < -0.4 is 20.7 Å². The summed E-state index contributed by atoms with van der Waals surface area (Å²) in [5.74, 6) is 0.0936. The molecular weight excluding hydrogens is 462 g/mol. The average Bonchev–Trinajstić information content (AvgIpc) is 2.87. The van der Waals surface area contributed by atoms with Crippen molar-refractivity contribution in [3.63, 3.8) is 0 Å². The zero-order valence-electron chi connectivity index (χ0n) is 19.7. The van der Waals surface area contributed by atoms with Crippen molar-refractivity contribution in [2.75, 3.05) is 25.1 Å². The van der Waals surface area contributed by atoms with Crippen molar-refractivity contribution in [1.29, 1.82) is 0 Å². The van der Waals surface area contributed by atoms with Crippen molar-refractivity contribution in [3.8, 4) is 5.75 Å². The first-order valence-electron chi connectivity index (χ1n) is 11.3. The molecule has 1 unspecified atom stereocenters. The summed E-state index contributed by atoms with van der Waals surface area (Å²) in [6, 6.07) is 23.3. The van der Waals surface area contributed by atoms with E-state index in [9.17, 15) is 9.59 Å². The Bertz CT molecular complexity index is 1140. The molecule has 0 bridgehead atoms. The highest BCUT2D eigenvalue weighted by Crippen LogP contribution is 2.15. The van der Waals surface area contributed by atoms with Gasteiger partial charge in [0.05, 0.1) is 12.6 Å². The summed E-state index contributed by atoms with van der Waals surface area (Å²) in [4.78, 5) is 25.2. The molecule has 182 valence electrons. The minimum Gasteiger partial charge on any atom is -0.491 e. The summed E-state index contributed by atoms with van der Waals surface area (Å²) in [6.07, 6.45) is 0. The largest absolute Gasteiger partial charge is 0.491 e. The van der Waals surface area contributed by atoms with Crippen LogP contribution in [-0.2, 0) is 4.74 Å². The lowest BCUT2D eigenvalue weighted by atomic mass is 10.1. The van der Waals surface area contributed by atoms with Crippen LogP contribution in [0.25, 0.3) is 0 Å². The fraction of sp³-hybridized carbons (Fsp3) is 0.222. The quantitative estimate of drug-likeness (QED) is 0.281. The van der Waals surface area contributed by atoms with Gasteiger partial charge in [-0.3, -0.25) is 14.9 Å². The maximum absolute atomic E-state index is 12.7. The highest BCUT2D eigenvalue weighted by atomic mass is 32.1. The van der Waals surface area contributed by atoms with E-state index in [-0.39, 0.29) is 23.0 Å². The smallest absolute Gasteiger partial charge is 0.257 e. The fourth-order valence-electron chi connectivity index (χ4n) is 3.25. The highest BCUT2D eigenvalue weighted by molar-refractivity contribution is 7.80. The van der Waals surface area contributed by atoms with E-state index in [1.54, 1.807) is 48.5 Å². The third-order valence-corrected chi connectivity index (χ3v) is 5.28. The molecule has 7 nitrogen and oxygen atoms in total. The number of carbonyl (C=O) groups is 2. The molecule has 8 heteroatoms. The summed E-state index contributed by atoms with van der Waals surface area (Å²) < 4.78 is 10.8. The van der Waals surface area contributed by atoms with Crippen LogP contribution in [0.1, 0.15) is 46.2 Å². The second-order valence-corrected chi connectivity index (χ2v) is 8.07. The van der Waals surface area contributed by atoms with Gasteiger partial charge < -0.3 is 20.1 Å². The molecule has 35 heavy (non-hydrogen) atoms. The van der Waals surface area contributed by atoms with Crippen LogP contribution in [0.2, 0.25) is 0 Å². The molecule has 0 aromatic heterocycles. The van der Waals surface area contributed by atoms with E-state index < -0.39 is 0 Å².